The van der Waals surface area contributed by atoms with Crippen molar-refractivity contribution in [2.75, 3.05) is 7.11 Å². The van der Waals surface area contributed by atoms with Gasteiger partial charge in [0, 0.05) is 18.5 Å². The number of ether oxygens (including phenoxy) is 3. The van der Waals surface area contributed by atoms with Crippen LogP contribution in [0.3, 0.4) is 0 Å². The third-order valence-electron chi connectivity index (χ3n) is 7.65. The highest BCUT2D eigenvalue weighted by Gasteiger charge is 2.46. The monoisotopic (exact) mass is 561 g/mol. The van der Waals surface area contributed by atoms with E-state index < -0.39 is 17.7 Å². The first-order valence-electron chi connectivity index (χ1n) is 13.9. The van der Waals surface area contributed by atoms with Crippen LogP contribution in [0.1, 0.15) is 40.8 Å². The van der Waals surface area contributed by atoms with E-state index in [4.69, 9.17) is 14.2 Å². The Morgan fingerprint density at radius 2 is 1.62 bits per heavy atom. The zero-order chi connectivity index (χ0) is 29.2. The highest BCUT2D eigenvalue weighted by Crippen LogP contribution is 2.43. The van der Waals surface area contributed by atoms with Gasteiger partial charge in [0.1, 0.15) is 24.2 Å². The van der Waals surface area contributed by atoms with Crippen molar-refractivity contribution in [3.8, 4) is 17.2 Å². The molecule has 2 atom stereocenters. The molecule has 0 saturated carbocycles. The van der Waals surface area contributed by atoms with E-state index in [1.54, 1.807) is 31.4 Å². The van der Waals surface area contributed by atoms with Crippen molar-refractivity contribution in [1.29, 1.82) is 0 Å². The van der Waals surface area contributed by atoms with Crippen LogP contribution in [0.4, 0.5) is 0 Å². The number of methoxy groups -OCH3 is 1. The second kappa shape index (κ2) is 11.4. The van der Waals surface area contributed by atoms with Crippen molar-refractivity contribution < 1.29 is 28.9 Å². The van der Waals surface area contributed by atoms with Gasteiger partial charge in [-0.25, -0.2) is 0 Å². The molecule has 7 nitrogen and oxygen atoms in total. The molecule has 0 aliphatic carbocycles. The molecule has 42 heavy (non-hydrogen) atoms. The zero-order valence-electron chi connectivity index (χ0n) is 23.4. The van der Waals surface area contributed by atoms with Crippen LogP contribution in [-0.4, -0.2) is 34.9 Å². The number of carbonyl (C=O) groups excluding carboxylic acids is 2. The fourth-order valence-electron chi connectivity index (χ4n) is 5.60. The van der Waals surface area contributed by atoms with Crippen LogP contribution in [0.2, 0.25) is 0 Å². The molecule has 4 aromatic carbocycles. The Labute approximate surface area is 244 Å². The number of likely N-dealkylation sites (tertiary alicyclic amines) is 1. The Morgan fingerprint density at radius 3 is 2.33 bits per heavy atom. The van der Waals surface area contributed by atoms with Crippen LogP contribution in [0.5, 0.6) is 17.2 Å². The summed E-state index contributed by atoms with van der Waals surface area (Å²) in [6.45, 7) is 2.52. The van der Waals surface area contributed by atoms with Gasteiger partial charge in [-0.05, 0) is 59.5 Å². The maximum atomic E-state index is 13.6. The number of benzene rings is 4. The molecular weight excluding hydrogens is 530 g/mol. The van der Waals surface area contributed by atoms with Crippen LogP contribution in [0, 0.1) is 0 Å². The summed E-state index contributed by atoms with van der Waals surface area (Å²) >= 11 is 0. The Morgan fingerprint density at radius 1 is 0.905 bits per heavy atom. The van der Waals surface area contributed by atoms with Crippen LogP contribution >= 0.6 is 0 Å². The quantitative estimate of drug-likeness (QED) is 0.156. The highest BCUT2D eigenvalue weighted by molar-refractivity contribution is 6.46. The van der Waals surface area contributed by atoms with E-state index in [1.807, 2.05) is 79.7 Å². The van der Waals surface area contributed by atoms with Gasteiger partial charge in [0.05, 0.1) is 18.7 Å². The molecule has 0 bridgehead atoms. The lowest BCUT2D eigenvalue weighted by Gasteiger charge is -2.26. The summed E-state index contributed by atoms with van der Waals surface area (Å²) in [5.74, 6) is 0.111. The first-order valence-corrected chi connectivity index (χ1v) is 13.9. The number of Topliss-reactive ketones (excluding diaryl/α,β-unsaturated/α-hetero) is 1. The van der Waals surface area contributed by atoms with E-state index in [2.05, 4.69) is 0 Å². The number of fused-ring (bicyclic) bond motifs is 1. The summed E-state index contributed by atoms with van der Waals surface area (Å²) in [5, 5.41) is 11.6. The molecule has 0 radical (unpaired) electrons. The van der Waals surface area contributed by atoms with Crippen molar-refractivity contribution in [3.63, 3.8) is 0 Å². The maximum Gasteiger partial charge on any atom is 0.295 e. The number of nitrogens with zero attached hydrogens (tertiary/aromatic N) is 1. The predicted octanol–water partition coefficient (Wildman–Crippen LogP) is 6.22. The fraction of sp³-hybridized carbons (Fsp3) is 0.200. The Balaban J connectivity index is 1.41. The minimum absolute atomic E-state index is 0.0304. The highest BCUT2D eigenvalue weighted by atomic mass is 16.5. The number of aliphatic hydroxyl groups excluding tert-OH is 1. The van der Waals surface area contributed by atoms with E-state index >= 15 is 0 Å². The lowest BCUT2D eigenvalue weighted by atomic mass is 9.94. The minimum Gasteiger partial charge on any atom is -0.507 e. The van der Waals surface area contributed by atoms with Gasteiger partial charge in [-0.1, -0.05) is 66.7 Å². The summed E-state index contributed by atoms with van der Waals surface area (Å²) in [6, 6.07) is 29.1. The average molecular weight is 562 g/mol. The summed E-state index contributed by atoms with van der Waals surface area (Å²) in [5.41, 5.74) is 3.93. The second-order valence-electron chi connectivity index (χ2n) is 10.6. The van der Waals surface area contributed by atoms with Crippen molar-refractivity contribution in [2.24, 2.45) is 0 Å². The maximum absolute atomic E-state index is 13.6. The van der Waals surface area contributed by atoms with Crippen molar-refractivity contribution >= 4 is 17.4 Å². The molecule has 0 aromatic heterocycles. The summed E-state index contributed by atoms with van der Waals surface area (Å²) in [4.78, 5) is 28.6. The Hall–Kier alpha value is -5.04. The van der Waals surface area contributed by atoms with Crippen molar-refractivity contribution in [1.82, 2.24) is 4.90 Å². The molecule has 1 N–H and O–H groups in total. The van der Waals surface area contributed by atoms with E-state index in [1.165, 1.54) is 4.90 Å². The minimum atomic E-state index is -0.842. The largest absolute Gasteiger partial charge is 0.507 e. The number of amides is 1. The Bertz CT molecular complexity index is 1660. The standard InChI is InChI=1S/C35H31NO6/c1-22-17-27-18-26(14-15-28(27)42-22)33(37)31-32(36(35(39)34(31)38)20-23-9-5-3-6-10-23)25-13-16-29(30(19-25)40-2)41-21-24-11-7-4-8-12-24/h3-16,18-19,22,32,37H,17,20-21H2,1-2H3/b33-31+. The number of hydrogen-bond donors (Lipinski definition) is 1. The molecule has 7 heteroatoms. The van der Waals surface area contributed by atoms with E-state index in [9.17, 15) is 14.7 Å². The molecule has 1 fully saturated rings. The molecule has 6 rings (SSSR count). The normalized spacial score (nSPS) is 19.0. The molecule has 2 aliphatic heterocycles. The summed E-state index contributed by atoms with van der Waals surface area (Å²) in [6.07, 6.45) is 0.730. The third-order valence-corrected chi connectivity index (χ3v) is 7.65. The van der Waals surface area contributed by atoms with Crippen LogP contribution < -0.4 is 14.2 Å². The van der Waals surface area contributed by atoms with Gasteiger partial charge in [0.2, 0.25) is 0 Å². The van der Waals surface area contributed by atoms with E-state index in [-0.39, 0.29) is 24.0 Å². The number of aliphatic hydroxyl groups is 1. The number of ketones is 1. The van der Waals surface area contributed by atoms with E-state index in [0.29, 0.717) is 35.7 Å². The summed E-state index contributed by atoms with van der Waals surface area (Å²) < 4.78 is 17.5. The van der Waals surface area contributed by atoms with E-state index in [0.717, 1.165) is 22.4 Å². The first-order chi connectivity index (χ1) is 20.4. The van der Waals surface area contributed by atoms with Gasteiger partial charge in [0.15, 0.2) is 11.5 Å². The molecule has 2 unspecified atom stereocenters. The number of hydrogen-bond acceptors (Lipinski definition) is 6. The summed E-state index contributed by atoms with van der Waals surface area (Å²) in [7, 11) is 1.54. The van der Waals surface area contributed by atoms with Gasteiger partial charge in [-0.3, -0.25) is 9.59 Å². The van der Waals surface area contributed by atoms with Gasteiger partial charge in [-0.2, -0.15) is 0 Å². The molecular formula is C35H31NO6. The van der Waals surface area contributed by atoms with Gasteiger partial charge >= 0.3 is 0 Å². The van der Waals surface area contributed by atoms with Crippen molar-refractivity contribution in [3.05, 3.63) is 130 Å². The molecule has 2 aliphatic rings. The SMILES string of the molecule is COc1cc(C2/C(=C(\O)c3ccc4c(c3)CC(C)O4)C(=O)C(=O)N2Cc2ccccc2)ccc1OCc1ccccc1. The molecule has 1 saturated heterocycles. The molecule has 2 heterocycles. The van der Waals surface area contributed by atoms with Gasteiger partial charge < -0.3 is 24.2 Å². The smallest absolute Gasteiger partial charge is 0.295 e. The van der Waals surface area contributed by atoms with Crippen LogP contribution in [0.15, 0.2) is 103 Å². The van der Waals surface area contributed by atoms with Crippen LogP contribution in [-0.2, 0) is 29.2 Å². The van der Waals surface area contributed by atoms with Crippen molar-refractivity contribution in [2.45, 2.75) is 38.6 Å². The number of carbonyl (C=O) groups is 2. The Kier molecular flexibility index (Phi) is 7.40. The van der Waals surface area contributed by atoms with Gasteiger partial charge in [-0.15, -0.1) is 0 Å². The molecule has 1 amide bonds. The fourth-order valence-corrected chi connectivity index (χ4v) is 5.60. The molecule has 212 valence electrons. The lowest BCUT2D eigenvalue weighted by molar-refractivity contribution is -0.140. The second-order valence-corrected chi connectivity index (χ2v) is 10.6. The molecule has 0 spiro atoms. The molecule has 4 aromatic rings. The zero-order valence-corrected chi connectivity index (χ0v) is 23.4. The third kappa shape index (κ3) is 5.21. The van der Waals surface area contributed by atoms with Crippen LogP contribution in [0.25, 0.3) is 5.76 Å². The predicted molar refractivity (Wildman–Crippen MR) is 158 cm³/mol. The first kappa shape index (κ1) is 27.1. The average Bonchev–Trinajstić information content (AvgIpc) is 3.51. The number of rotatable bonds is 8. The topological polar surface area (TPSA) is 85.3 Å². The lowest BCUT2D eigenvalue weighted by Crippen LogP contribution is -2.29. The van der Waals surface area contributed by atoms with Gasteiger partial charge in [0.25, 0.3) is 11.7 Å².